The molecule has 0 unspecified atom stereocenters. The fourth-order valence-electron chi connectivity index (χ4n) is 2.42. The van der Waals surface area contributed by atoms with Crippen LogP contribution in [0.1, 0.15) is 6.42 Å². The van der Waals surface area contributed by atoms with Crippen molar-refractivity contribution in [3.63, 3.8) is 0 Å². The molecule has 0 N–H and O–H groups in total. The molecule has 6 nitrogen and oxygen atoms in total. The van der Waals surface area contributed by atoms with Crippen molar-refractivity contribution in [3.8, 4) is 5.69 Å². The normalized spacial score (nSPS) is 12.9. The van der Waals surface area contributed by atoms with Crippen LogP contribution in [0.15, 0.2) is 27.9 Å². The van der Waals surface area contributed by atoms with Crippen LogP contribution < -0.4 is 5.69 Å². The maximum absolute atomic E-state index is 14.5. The third-order valence-electron chi connectivity index (χ3n) is 3.63. The van der Waals surface area contributed by atoms with Gasteiger partial charge in [-0.3, -0.25) is 9.48 Å². The van der Waals surface area contributed by atoms with E-state index in [9.17, 15) is 14.0 Å². The van der Waals surface area contributed by atoms with Crippen LogP contribution in [0.4, 0.5) is 4.39 Å². The van der Waals surface area contributed by atoms with E-state index in [0.29, 0.717) is 11.4 Å². The maximum atomic E-state index is 14.5. The van der Waals surface area contributed by atoms with Crippen molar-refractivity contribution in [1.82, 2.24) is 13.9 Å². The van der Waals surface area contributed by atoms with Gasteiger partial charge in [-0.25, -0.2) is 18.4 Å². The number of methoxy groups -OCH3 is 1. The van der Waals surface area contributed by atoms with Gasteiger partial charge in [0.25, 0.3) is 0 Å². The molecule has 1 aromatic heterocycles. The second kappa shape index (κ2) is 7.19. The van der Waals surface area contributed by atoms with Crippen molar-refractivity contribution >= 4 is 47.7 Å². The van der Waals surface area contributed by atoms with Crippen LogP contribution in [-0.4, -0.2) is 32.8 Å². The molecule has 0 bridgehead atoms. The van der Waals surface area contributed by atoms with E-state index in [0.717, 1.165) is 28.8 Å². The van der Waals surface area contributed by atoms with Gasteiger partial charge in [-0.05, 0) is 30.8 Å². The minimum absolute atomic E-state index is 0.00503. The highest BCUT2D eigenvalue weighted by molar-refractivity contribution is 8.00. The molecular weight excluding hydrogens is 389 g/mol. The minimum atomic E-state index is -0.673. The molecule has 0 atom stereocenters. The summed E-state index contributed by atoms with van der Waals surface area (Å²) in [4.78, 5) is 24.4. The van der Waals surface area contributed by atoms with Gasteiger partial charge in [0, 0.05) is 17.6 Å². The largest absolute Gasteiger partial charge is 0.468 e. The molecule has 25 heavy (non-hydrogen) atoms. The van der Waals surface area contributed by atoms with Crippen molar-refractivity contribution in [2.24, 2.45) is 0 Å². The zero-order valence-electron chi connectivity index (χ0n) is 13.1. The molecule has 2 aromatic rings. The monoisotopic (exact) mass is 401 g/mol. The van der Waals surface area contributed by atoms with Crippen LogP contribution in [0.25, 0.3) is 11.9 Å². The first-order valence-corrected chi connectivity index (χ1v) is 9.01. The lowest BCUT2D eigenvalue weighted by Crippen LogP contribution is -2.24. The Labute approximate surface area is 156 Å². The number of ether oxygens (including phenoxy) is 1. The number of thioether (sulfide) groups is 1. The van der Waals surface area contributed by atoms with E-state index in [2.05, 4.69) is 4.74 Å². The molecule has 1 aliphatic rings. The lowest BCUT2D eigenvalue weighted by Gasteiger charge is -2.09. The van der Waals surface area contributed by atoms with Crippen molar-refractivity contribution in [3.05, 3.63) is 44.3 Å². The van der Waals surface area contributed by atoms with Crippen LogP contribution >= 0.6 is 35.6 Å². The molecule has 0 saturated carbocycles. The van der Waals surface area contributed by atoms with Crippen LogP contribution in [0, 0.1) is 10.6 Å². The number of carbonyl (C=O) groups excluding carboxylic acids is 1. The molecule has 2 heterocycles. The Morgan fingerprint density at radius 1 is 1.48 bits per heavy atom. The van der Waals surface area contributed by atoms with Crippen LogP contribution in [-0.2, 0) is 16.1 Å². The Hall–Kier alpha value is -1.84. The SMILES string of the molecule is COC(=O)CSc1cc(-n2c(=O)n3n(c2=S)CCC=C3)c(F)cc1Cl. The molecule has 1 aromatic carbocycles. The van der Waals surface area contributed by atoms with Gasteiger partial charge in [-0.15, -0.1) is 11.8 Å². The molecule has 3 rings (SSSR count). The van der Waals surface area contributed by atoms with Crippen molar-refractivity contribution in [2.45, 2.75) is 17.9 Å². The fourth-order valence-corrected chi connectivity index (χ4v) is 3.87. The Balaban J connectivity index is 2.11. The van der Waals surface area contributed by atoms with E-state index >= 15 is 0 Å². The molecule has 0 aliphatic carbocycles. The predicted octanol–water partition coefficient (Wildman–Crippen LogP) is 3.10. The highest BCUT2D eigenvalue weighted by Crippen LogP contribution is 2.31. The van der Waals surface area contributed by atoms with Gasteiger partial charge in [0.15, 0.2) is 0 Å². The second-order valence-electron chi connectivity index (χ2n) is 5.14. The number of esters is 1. The first-order valence-electron chi connectivity index (χ1n) is 7.24. The first-order chi connectivity index (χ1) is 11.9. The van der Waals surface area contributed by atoms with E-state index in [4.69, 9.17) is 23.8 Å². The predicted molar refractivity (Wildman–Crippen MR) is 96.5 cm³/mol. The van der Waals surface area contributed by atoms with Gasteiger partial charge in [-0.1, -0.05) is 17.7 Å². The Morgan fingerprint density at radius 3 is 2.92 bits per heavy atom. The summed E-state index contributed by atoms with van der Waals surface area (Å²) in [5.74, 6) is -1.10. The van der Waals surface area contributed by atoms with Crippen molar-refractivity contribution in [2.75, 3.05) is 12.9 Å². The van der Waals surface area contributed by atoms with Crippen LogP contribution in [0.3, 0.4) is 0 Å². The first kappa shape index (κ1) is 18.0. The number of hydrogen-bond donors (Lipinski definition) is 0. The highest BCUT2D eigenvalue weighted by Gasteiger charge is 2.19. The third-order valence-corrected chi connectivity index (χ3v) is 5.48. The zero-order valence-corrected chi connectivity index (χ0v) is 15.5. The molecule has 0 saturated heterocycles. The van der Waals surface area contributed by atoms with E-state index < -0.39 is 17.5 Å². The van der Waals surface area contributed by atoms with E-state index in [1.807, 2.05) is 6.08 Å². The summed E-state index contributed by atoms with van der Waals surface area (Å²) in [7, 11) is 1.28. The van der Waals surface area contributed by atoms with E-state index in [-0.39, 0.29) is 21.2 Å². The summed E-state index contributed by atoms with van der Waals surface area (Å²) in [6, 6.07) is 2.52. The number of halogens is 2. The number of nitrogens with zero attached hydrogens (tertiary/aromatic N) is 3. The third kappa shape index (κ3) is 3.31. The molecule has 1 aliphatic heterocycles. The van der Waals surface area contributed by atoms with Crippen molar-refractivity contribution in [1.29, 1.82) is 0 Å². The number of carbonyl (C=O) groups is 1. The molecular formula is C15H13ClFN3O3S2. The molecule has 0 radical (unpaired) electrons. The smallest absolute Gasteiger partial charge is 0.354 e. The average molecular weight is 402 g/mol. The summed E-state index contributed by atoms with van der Waals surface area (Å²) in [6.45, 7) is 0.538. The maximum Gasteiger partial charge on any atom is 0.354 e. The average Bonchev–Trinajstić information content (AvgIpc) is 2.86. The Morgan fingerprint density at radius 2 is 2.24 bits per heavy atom. The quantitative estimate of drug-likeness (QED) is 0.447. The number of aromatic nitrogens is 3. The number of rotatable bonds is 4. The molecule has 0 amide bonds. The number of allylic oxidation sites excluding steroid dienone is 1. The lowest BCUT2D eigenvalue weighted by molar-refractivity contribution is -0.137. The standard InChI is InChI=1S/C15H13ClFN3O3S2/c1-23-13(21)8-25-12-7-11(10(17)6-9(12)16)20-14(22)18-4-2-3-5-19(18)15(20)24/h2,4,6-7H,3,5,8H2,1H3. The molecule has 0 fully saturated rings. The lowest BCUT2D eigenvalue weighted by atomic mass is 10.3. The number of benzene rings is 1. The van der Waals surface area contributed by atoms with Gasteiger partial charge in [0.1, 0.15) is 5.82 Å². The summed E-state index contributed by atoms with van der Waals surface area (Å²) >= 11 is 12.5. The highest BCUT2D eigenvalue weighted by atomic mass is 35.5. The molecule has 10 heteroatoms. The van der Waals surface area contributed by atoms with Gasteiger partial charge in [0.05, 0.1) is 23.6 Å². The van der Waals surface area contributed by atoms with E-state index in [1.54, 1.807) is 10.9 Å². The van der Waals surface area contributed by atoms with Crippen LogP contribution in [0.2, 0.25) is 5.02 Å². The minimum Gasteiger partial charge on any atom is -0.468 e. The Bertz CT molecular complexity index is 993. The Kier molecular flexibility index (Phi) is 5.16. The number of fused-ring (bicyclic) bond motifs is 1. The van der Waals surface area contributed by atoms with Gasteiger partial charge in [0.2, 0.25) is 4.77 Å². The van der Waals surface area contributed by atoms with Gasteiger partial charge < -0.3 is 4.74 Å². The summed E-state index contributed by atoms with van der Waals surface area (Å²) < 4.78 is 23.3. The summed E-state index contributed by atoms with van der Waals surface area (Å²) in [6.07, 6.45) is 4.19. The molecule has 0 spiro atoms. The summed E-state index contributed by atoms with van der Waals surface area (Å²) in [5.41, 5.74) is -0.472. The number of hydrogen-bond acceptors (Lipinski definition) is 5. The zero-order chi connectivity index (χ0) is 18.1. The van der Waals surface area contributed by atoms with Gasteiger partial charge >= 0.3 is 11.7 Å². The van der Waals surface area contributed by atoms with Crippen LogP contribution in [0.5, 0.6) is 0 Å². The summed E-state index contributed by atoms with van der Waals surface area (Å²) in [5, 5.41) is 0.144. The van der Waals surface area contributed by atoms with Crippen molar-refractivity contribution < 1.29 is 13.9 Å². The fraction of sp³-hybridized carbons (Fsp3) is 0.267. The molecule has 132 valence electrons. The van der Waals surface area contributed by atoms with Gasteiger partial charge in [-0.2, -0.15) is 0 Å². The second-order valence-corrected chi connectivity index (χ2v) is 6.93. The topological polar surface area (TPSA) is 58.2 Å². The van der Waals surface area contributed by atoms with E-state index in [1.165, 1.54) is 17.9 Å².